The maximum atomic E-state index is 13.5. The van der Waals surface area contributed by atoms with Crippen molar-refractivity contribution >= 4 is 22.6 Å². The Morgan fingerprint density at radius 3 is 2.58 bits per heavy atom. The van der Waals surface area contributed by atoms with E-state index in [4.69, 9.17) is 4.42 Å². The van der Waals surface area contributed by atoms with Gasteiger partial charge in [0.1, 0.15) is 5.82 Å². The molecule has 0 spiro atoms. The summed E-state index contributed by atoms with van der Waals surface area (Å²) in [7, 11) is 0. The monoisotopic (exact) mass is 412 g/mol. The number of nitrogens with zero attached hydrogens (tertiary/aromatic N) is 3. The summed E-state index contributed by atoms with van der Waals surface area (Å²) in [6.45, 7) is 0.347. The van der Waals surface area contributed by atoms with Gasteiger partial charge in [0.2, 0.25) is 11.8 Å². The second-order valence-electron chi connectivity index (χ2n) is 6.96. The number of fused-ring (bicyclic) bond motifs is 1. The fourth-order valence-electron chi connectivity index (χ4n) is 3.39. The fourth-order valence-corrected chi connectivity index (χ4v) is 3.39. The number of anilines is 1. The van der Waals surface area contributed by atoms with Gasteiger partial charge in [-0.05, 0) is 46.7 Å². The molecule has 0 radical (unpaired) electrons. The van der Waals surface area contributed by atoms with E-state index in [0.717, 1.165) is 16.3 Å². The van der Waals surface area contributed by atoms with E-state index in [0.29, 0.717) is 23.7 Å². The predicted octanol–water partition coefficient (Wildman–Crippen LogP) is 5.13. The van der Waals surface area contributed by atoms with Crippen LogP contribution in [0.4, 0.5) is 10.3 Å². The van der Waals surface area contributed by atoms with Gasteiger partial charge in [0.15, 0.2) is 5.76 Å². The molecule has 0 fully saturated rings. The number of carbonyl (C=O) groups excluding carboxylic acids is 1. The third-order valence-corrected chi connectivity index (χ3v) is 4.93. The van der Waals surface area contributed by atoms with Crippen molar-refractivity contribution in [2.75, 3.05) is 5.32 Å². The lowest BCUT2D eigenvalue weighted by molar-refractivity contribution is 0.0949. The van der Waals surface area contributed by atoms with Crippen LogP contribution in [0.5, 0.6) is 0 Å². The summed E-state index contributed by atoms with van der Waals surface area (Å²) in [6, 6.07) is 22.8. The lowest BCUT2D eigenvalue weighted by atomic mass is 10.0. The Morgan fingerprint density at radius 1 is 0.968 bits per heavy atom. The Bertz CT molecular complexity index is 1350. The molecule has 0 amide bonds. The molecule has 0 saturated heterocycles. The van der Waals surface area contributed by atoms with Crippen LogP contribution in [0.3, 0.4) is 0 Å². The van der Waals surface area contributed by atoms with Gasteiger partial charge in [0.25, 0.3) is 5.91 Å². The average Bonchev–Trinajstić information content (AvgIpc) is 3.48. The zero-order valence-electron chi connectivity index (χ0n) is 16.3. The molecule has 1 N–H and O–H groups in total. The number of furan rings is 1. The molecule has 0 aliphatic rings. The Hall–Kier alpha value is -4.26. The molecule has 152 valence electrons. The quantitative estimate of drug-likeness (QED) is 0.433. The lowest BCUT2D eigenvalue weighted by Crippen LogP contribution is -2.18. The van der Waals surface area contributed by atoms with Crippen LogP contribution in [-0.2, 0) is 6.54 Å². The smallest absolute Gasteiger partial charge is 0.282 e. The lowest BCUT2D eigenvalue weighted by Gasteiger charge is -2.09. The van der Waals surface area contributed by atoms with Gasteiger partial charge in [0, 0.05) is 12.1 Å². The Balaban J connectivity index is 1.54. The first kappa shape index (κ1) is 18.7. The second kappa shape index (κ2) is 7.87. The van der Waals surface area contributed by atoms with Crippen LogP contribution in [0.15, 0.2) is 89.5 Å². The van der Waals surface area contributed by atoms with Crippen molar-refractivity contribution in [3.8, 4) is 11.6 Å². The molecule has 5 rings (SSSR count). The van der Waals surface area contributed by atoms with Crippen LogP contribution in [0, 0.1) is 5.82 Å². The van der Waals surface area contributed by atoms with Crippen molar-refractivity contribution in [1.82, 2.24) is 14.8 Å². The highest BCUT2D eigenvalue weighted by Gasteiger charge is 2.21. The van der Waals surface area contributed by atoms with Gasteiger partial charge in [-0.3, -0.25) is 4.79 Å². The normalized spacial score (nSPS) is 11.0. The highest BCUT2D eigenvalue weighted by Crippen LogP contribution is 2.23. The first-order chi connectivity index (χ1) is 15.2. The summed E-state index contributed by atoms with van der Waals surface area (Å²) in [5, 5.41) is 9.32. The van der Waals surface area contributed by atoms with Gasteiger partial charge < -0.3 is 9.73 Å². The third-order valence-electron chi connectivity index (χ3n) is 4.93. The molecule has 0 atom stereocenters. The van der Waals surface area contributed by atoms with E-state index in [9.17, 15) is 9.18 Å². The number of rotatable bonds is 5. The molecule has 5 aromatic rings. The van der Waals surface area contributed by atoms with E-state index in [-0.39, 0.29) is 17.7 Å². The van der Waals surface area contributed by atoms with E-state index < -0.39 is 0 Å². The van der Waals surface area contributed by atoms with Gasteiger partial charge in [-0.25, -0.2) is 4.39 Å². The molecule has 6 nitrogen and oxygen atoms in total. The van der Waals surface area contributed by atoms with Crippen molar-refractivity contribution in [2.45, 2.75) is 6.54 Å². The number of carbonyl (C=O) groups is 1. The third kappa shape index (κ3) is 3.69. The number of nitrogens with one attached hydrogen (secondary N) is 1. The molecule has 31 heavy (non-hydrogen) atoms. The van der Waals surface area contributed by atoms with E-state index in [1.165, 1.54) is 23.1 Å². The molecule has 2 heterocycles. The maximum Gasteiger partial charge on any atom is 0.282 e. The van der Waals surface area contributed by atoms with Crippen LogP contribution in [0.25, 0.3) is 22.4 Å². The van der Waals surface area contributed by atoms with Gasteiger partial charge in [0.05, 0.1) is 6.26 Å². The van der Waals surface area contributed by atoms with E-state index in [1.54, 1.807) is 30.3 Å². The van der Waals surface area contributed by atoms with E-state index >= 15 is 0 Å². The van der Waals surface area contributed by atoms with E-state index in [2.05, 4.69) is 15.4 Å². The topological polar surface area (TPSA) is 73.0 Å². The molecule has 0 aliphatic carbocycles. The van der Waals surface area contributed by atoms with Gasteiger partial charge in [-0.1, -0.05) is 48.5 Å². The molecular formula is C24H17FN4O2. The number of hydrogen-bond acceptors (Lipinski definition) is 5. The SMILES string of the molecule is O=C(c1cccc2ccccc12)n1nc(-c2ccco2)nc1NCc1ccc(F)cc1. The summed E-state index contributed by atoms with van der Waals surface area (Å²) < 4.78 is 19.8. The highest BCUT2D eigenvalue weighted by molar-refractivity contribution is 6.08. The molecule has 2 aromatic heterocycles. The largest absolute Gasteiger partial charge is 0.461 e. The summed E-state index contributed by atoms with van der Waals surface area (Å²) in [5.74, 6) is 0.394. The molecule has 0 unspecified atom stereocenters. The first-order valence-electron chi connectivity index (χ1n) is 9.71. The first-order valence-corrected chi connectivity index (χ1v) is 9.71. The van der Waals surface area contributed by atoms with Crippen LogP contribution in [0.1, 0.15) is 15.9 Å². The minimum atomic E-state index is -0.316. The van der Waals surface area contributed by atoms with Crippen LogP contribution < -0.4 is 5.32 Å². The minimum absolute atomic E-state index is 0.272. The Kier molecular flexibility index (Phi) is 4.76. The molecule has 3 aromatic carbocycles. The van der Waals surface area contributed by atoms with Crippen molar-refractivity contribution < 1.29 is 13.6 Å². The van der Waals surface area contributed by atoms with Crippen LogP contribution in [-0.4, -0.2) is 20.7 Å². The predicted molar refractivity (Wildman–Crippen MR) is 115 cm³/mol. The fraction of sp³-hybridized carbons (Fsp3) is 0.0417. The summed E-state index contributed by atoms with van der Waals surface area (Å²) >= 11 is 0. The van der Waals surface area contributed by atoms with Crippen molar-refractivity contribution in [2.24, 2.45) is 0 Å². The minimum Gasteiger partial charge on any atom is -0.461 e. The number of benzene rings is 3. The van der Waals surface area contributed by atoms with E-state index in [1.807, 2.05) is 36.4 Å². The summed E-state index contributed by atoms with van der Waals surface area (Å²) in [6.07, 6.45) is 1.52. The number of aromatic nitrogens is 3. The Labute approximate surface area is 177 Å². The summed E-state index contributed by atoms with van der Waals surface area (Å²) in [5.41, 5.74) is 1.35. The molecular weight excluding hydrogens is 395 g/mol. The molecule has 0 bridgehead atoms. The Morgan fingerprint density at radius 2 is 1.77 bits per heavy atom. The van der Waals surface area contributed by atoms with Gasteiger partial charge in [-0.2, -0.15) is 9.67 Å². The molecule has 0 saturated carbocycles. The standard InChI is InChI=1S/C24H17FN4O2/c25-18-12-10-16(11-13-18)15-26-24-27-22(21-9-4-14-31-21)28-29(24)23(30)20-8-3-6-17-5-1-2-7-19(17)20/h1-14H,15H2,(H,26,27,28). The van der Waals surface area contributed by atoms with Crippen molar-refractivity contribution in [3.63, 3.8) is 0 Å². The zero-order valence-corrected chi connectivity index (χ0v) is 16.3. The van der Waals surface area contributed by atoms with Crippen LogP contribution in [0.2, 0.25) is 0 Å². The average molecular weight is 412 g/mol. The second-order valence-corrected chi connectivity index (χ2v) is 6.96. The highest BCUT2D eigenvalue weighted by atomic mass is 19.1. The number of halogens is 1. The van der Waals surface area contributed by atoms with Crippen molar-refractivity contribution in [3.05, 3.63) is 102 Å². The van der Waals surface area contributed by atoms with Crippen molar-refractivity contribution in [1.29, 1.82) is 0 Å². The number of hydrogen-bond donors (Lipinski definition) is 1. The molecule has 7 heteroatoms. The zero-order chi connectivity index (χ0) is 21.2. The van der Waals surface area contributed by atoms with Gasteiger partial charge >= 0.3 is 0 Å². The maximum absolute atomic E-state index is 13.5. The molecule has 0 aliphatic heterocycles. The summed E-state index contributed by atoms with van der Waals surface area (Å²) in [4.78, 5) is 17.9. The van der Waals surface area contributed by atoms with Crippen LogP contribution >= 0.6 is 0 Å². The van der Waals surface area contributed by atoms with Gasteiger partial charge in [-0.15, -0.1) is 5.10 Å².